The van der Waals surface area contributed by atoms with Gasteiger partial charge in [-0.3, -0.25) is 9.59 Å². The Labute approximate surface area is 161 Å². The van der Waals surface area contributed by atoms with Gasteiger partial charge in [-0.25, -0.2) is 4.68 Å². The molecule has 0 aliphatic carbocycles. The average Bonchev–Trinajstić information content (AvgIpc) is 2.68. The lowest BCUT2D eigenvalue weighted by molar-refractivity contribution is -0.122. The van der Waals surface area contributed by atoms with Crippen LogP contribution in [0.4, 0.5) is 0 Å². The number of amides is 1. The van der Waals surface area contributed by atoms with E-state index in [1.807, 2.05) is 36.4 Å². The van der Waals surface area contributed by atoms with Crippen LogP contribution >= 0.6 is 11.6 Å². The second-order valence-corrected chi connectivity index (χ2v) is 6.29. The Bertz CT molecular complexity index is 1020. The van der Waals surface area contributed by atoms with Crippen LogP contribution in [0.3, 0.4) is 0 Å². The van der Waals surface area contributed by atoms with Gasteiger partial charge in [0, 0.05) is 23.2 Å². The van der Waals surface area contributed by atoms with Gasteiger partial charge in [-0.05, 0) is 35.9 Å². The predicted molar refractivity (Wildman–Crippen MR) is 104 cm³/mol. The summed E-state index contributed by atoms with van der Waals surface area (Å²) in [6, 6.07) is 17.6. The van der Waals surface area contributed by atoms with Crippen LogP contribution in [-0.2, 0) is 17.9 Å². The summed E-state index contributed by atoms with van der Waals surface area (Å²) >= 11 is 5.93. The van der Waals surface area contributed by atoms with Gasteiger partial charge >= 0.3 is 0 Å². The van der Waals surface area contributed by atoms with E-state index in [0.29, 0.717) is 23.0 Å². The first kappa shape index (κ1) is 18.7. The minimum Gasteiger partial charge on any atom is -0.497 e. The fraction of sp³-hybridized carbons (Fsp3) is 0.150. The van der Waals surface area contributed by atoms with Crippen molar-refractivity contribution in [2.45, 2.75) is 13.1 Å². The van der Waals surface area contributed by atoms with Gasteiger partial charge < -0.3 is 10.1 Å². The van der Waals surface area contributed by atoms with Crippen LogP contribution in [-0.4, -0.2) is 22.8 Å². The summed E-state index contributed by atoms with van der Waals surface area (Å²) in [5.41, 5.74) is 1.90. The molecule has 2 aromatic carbocycles. The molecule has 0 radical (unpaired) electrons. The highest BCUT2D eigenvalue weighted by atomic mass is 35.5. The lowest BCUT2D eigenvalue weighted by Gasteiger charge is -2.09. The monoisotopic (exact) mass is 383 g/mol. The first-order valence-corrected chi connectivity index (χ1v) is 8.67. The summed E-state index contributed by atoms with van der Waals surface area (Å²) in [7, 11) is 1.58. The number of rotatable bonds is 6. The molecule has 6 nitrogen and oxygen atoms in total. The maximum Gasteiger partial charge on any atom is 0.267 e. The molecule has 1 amide bonds. The third-order valence-electron chi connectivity index (χ3n) is 3.90. The molecule has 0 unspecified atom stereocenters. The number of hydrogen-bond donors (Lipinski definition) is 1. The van der Waals surface area contributed by atoms with Gasteiger partial charge in [-0.15, -0.1) is 0 Å². The van der Waals surface area contributed by atoms with Crippen LogP contribution in [0.25, 0.3) is 11.3 Å². The molecule has 1 heterocycles. The third-order valence-corrected chi connectivity index (χ3v) is 4.14. The zero-order valence-electron chi connectivity index (χ0n) is 14.7. The van der Waals surface area contributed by atoms with Crippen LogP contribution < -0.4 is 15.6 Å². The van der Waals surface area contributed by atoms with Crippen molar-refractivity contribution in [2.75, 3.05) is 7.11 Å². The van der Waals surface area contributed by atoms with E-state index in [0.717, 1.165) is 15.8 Å². The topological polar surface area (TPSA) is 73.2 Å². The summed E-state index contributed by atoms with van der Waals surface area (Å²) in [5.74, 6) is 0.374. The SMILES string of the molecule is COc1cccc(-c2ccc(=O)n(CC(=O)NCc3cccc(Cl)c3)n2)c1. The molecule has 0 atom stereocenters. The molecular weight excluding hydrogens is 366 g/mol. The molecule has 138 valence electrons. The number of nitrogens with one attached hydrogen (secondary N) is 1. The number of aromatic nitrogens is 2. The highest BCUT2D eigenvalue weighted by molar-refractivity contribution is 6.30. The average molecular weight is 384 g/mol. The standard InChI is InChI=1S/C20H18ClN3O3/c1-27-17-7-3-5-15(11-17)18-8-9-20(26)24(23-18)13-19(25)22-12-14-4-2-6-16(21)10-14/h2-11H,12-13H2,1H3,(H,22,25). The first-order valence-electron chi connectivity index (χ1n) is 8.29. The Hall–Kier alpha value is -3.12. The molecule has 0 fully saturated rings. The van der Waals surface area contributed by atoms with Crippen LogP contribution in [0.2, 0.25) is 5.02 Å². The maximum atomic E-state index is 12.2. The van der Waals surface area contributed by atoms with Gasteiger partial charge in [-0.2, -0.15) is 5.10 Å². The summed E-state index contributed by atoms with van der Waals surface area (Å²) in [5, 5.41) is 7.66. The number of hydrogen-bond acceptors (Lipinski definition) is 4. The van der Waals surface area contributed by atoms with Crippen molar-refractivity contribution >= 4 is 17.5 Å². The molecule has 7 heteroatoms. The highest BCUT2D eigenvalue weighted by Crippen LogP contribution is 2.21. The van der Waals surface area contributed by atoms with Gasteiger partial charge in [0.1, 0.15) is 12.3 Å². The Balaban J connectivity index is 1.72. The number of carbonyl (C=O) groups is 1. The number of ether oxygens (including phenoxy) is 1. The van der Waals surface area contributed by atoms with E-state index in [9.17, 15) is 9.59 Å². The zero-order valence-corrected chi connectivity index (χ0v) is 15.4. The number of methoxy groups -OCH3 is 1. The Morgan fingerprint density at radius 3 is 2.74 bits per heavy atom. The molecule has 0 bridgehead atoms. The summed E-state index contributed by atoms with van der Waals surface area (Å²) < 4.78 is 6.35. The van der Waals surface area contributed by atoms with Gasteiger partial charge in [0.2, 0.25) is 5.91 Å². The molecule has 1 aromatic heterocycles. The minimum absolute atomic E-state index is 0.169. The van der Waals surface area contributed by atoms with Crippen molar-refractivity contribution < 1.29 is 9.53 Å². The van der Waals surface area contributed by atoms with Crippen LogP contribution in [0, 0.1) is 0 Å². The molecule has 0 saturated heterocycles. The van der Waals surface area contributed by atoms with E-state index < -0.39 is 0 Å². The second kappa shape index (κ2) is 8.51. The molecule has 1 N–H and O–H groups in total. The van der Waals surface area contributed by atoms with E-state index >= 15 is 0 Å². The molecule has 0 saturated carbocycles. The van der Waals surface area contributed by atoms with Gasteiger partial charge in [0.05, 0.1) is 12.8 Å². The van der Waals surface area contributed by atoms with Crippen molar-refractivity contribution in [3.63, 3.8) is 0 Å². The van der Waals surface area contributed by atoms with Gasteiger partial charge in [0.25, 0.3) is 5.56 Å². The normalized spacial score (nSPS) is 10.4. The number of benzene rings is 2. The van der Waals surface area contributed by atoms with E-state index in [1.165, 1.54) is 6.07 Å². The fourth-order valence-electron chi connectivity index (χ4n) is 2.54. The molecule has 0 spiro atoms. The van der Waals surface area contributed by atoms with E-state index in [2.05, 4.69) is 10.4 Å². The van der Waals surface area contributed by atoms with Crippen molar-refractivity contribution in [3.8, 4) is 17.0 Å². The number of halogens is 1. The van der Waals surface area contributed by atoms with E-state index in [-0.39, 0.29) is 18.0 Å². The Morgan fingerprint density at radius 2 is 1.96 bits per heavy atom. The lowest BCUT2D eigenvalue weighted by Crippen LogP contribution is -2.33. The predicted octanol–water partition coefficient (Wildman–Crippen LogP) is 2.89. The minimum atomic E-state index is -0.348. The molecule has 0 aliphatic rings. The van der Waals surface area contributed by atoms with Gasteiger partial charge in [0.15, 0.2) is 0 Å². The zero-order chi connectivity index (χ0) is 19.2. The Kier molecular flexibility index (Phi) is 5.88. The maximum absolute atomic E-state index is 12.2. The molecule has 3 aromatic rings. The quantitative estimate of drug-likeness (QED) is 0.710. The molecule has 0 aliphatic heterocycles. The summed E-state index contributed by atoms with van der Waals surface area (Å²) in [6.45, 7) is 0.154. The molecule has 3 rings (SSSR count). The van der Waals surface area contributed by atoms with Gasteiger partial charge in [-0.1, -0.05) is 35.9 Å². The van der Waals surface area contributed by atoms with Crippen LogP contribution in [0.1, 0.15) is 5.56 Å². The fourth-order valence-corrected chi connectivity index (χ4v) is 2.75. The van der Waals surface area contributed by atoms with Crippen molar-refractivity contribution in [1.29, 1.82) is 0 Å². The van der Waals surface area contributed by atoms with E-state index in [4.69, 9.17) is 16.3 Å². The van der Waals surface area contributed by atoms with E-state index in [1.54, 1.807) is 25.3 Å². The number of nitrogens with zero attached hydrogens (tertiary/aromatic N) is 2. The molecule has 27 heavy (non-hydrogen) atoms. The first-order chi connectivity index (χ1) is 13.0. The van der Waals surface area contributed by atoms with Crippen LogP contribution in [0.15, 0.2) is 65.5 Å². The Morgan fingerprint density at radius 1 is 1.15 bits per heavy atom. The highest BCUT2D eigenvalue weighted by Gasteiger charge is 2.09. The van der Waals surface area contributed by atoms with Crippen molar-refractivity contribution in [2.24, 2.45) is 0 Å². The summed E-state index contributed by atoms with van der Waals surface area (Å²) in [6.07, 6.45) is 0. The van der Waals surface area contributed by atoms with Crippen LogP contribution in [0.5, 0.6) is 5.75 Å². The second-order valence-electron chi connectivity index (χ2n) is 5.85. The van der Waals surface area contributed by atoms with Crippen molar-refractivity contribution in [1.82, 2.24) is 15.1 Å². The molecular formula is C20H18ClN3O3. The summed E-state index contributed by atoms with van der Waals surface area (Å²) in [4.78, 5) is 24.3. The third kappa shape index (κ3) is 4.95. The number of carbonyl (C=O) groups excluding carboxylic acids is 1. The smallest absolute Gasteiger partial charge is 0.267 e. The largest absolute Gasteiger partial charge is 0.497 e. The van der Waals surface area contributed by atoms with Crippen molar-refractivity contribution in [3.05, 3.63) is 81.6 Å². The lowest BCUT2D eigenvalue weighted by atomic mass is 10.1.